The number of aryl methyl sites for hydroxylation is 1. The zero-order valence-corrected chi connectivity index (χ0v) is 10.2. The third kappa shape index (κ3) is 4.16. The van der Waals surface area contributed by atoms with Crippen LogP contribution in [0.15, 0.2) is 12.3 Å². The number of hydrogen-bond donors (Lipinski definition) is 1. The molecule has 0 spiro atoms. The number of ether oxygens (including phenoxy) is 2. The highest BCUT2D eigenvalue weighted by atomic mass is 16.5. The Morgan fingerprint density at radius 1 is 1.38 bits per heavy atom. The molecule has 1 aromatic heterocycles. The first kappa shape index (κ1) is 12.9. The van der Waals surface area contributed by atoms with Crippen LogP contribution in [0.2, 0.25) is 0 Å². The lowest BCUT2D eigenvalue weighted by Gasteiger charge is -2.11. The zero-order valence-electron chi connectivity index (χ0n) is 10.2. The van der Waals surface area contributed by atoms with Gasteiger partial charge in [-0.3, -0.25) is 4.98 Å². The lowest BCUT2D eigenvalue weighted by molar-refractivity contribution is 0.145. The maximum Gasteiger partial charge on any atom is 0.127 e. The topological polar surface area (TPSA) is 43.4 Å². The van der Waals surface area contributed by atoms with Crippen LogP contribution in [0.25, 0.3) is 0 Å². The second-order valence-corrected chi connectivity index (χ2v) is 3.55. The average molecular weight is 224 g/mol. The lowest BCUT2D eigenvalue weighted by Crippen LogP contribution is -2.14. The van der Waals surface area contributed by atoms with Gasteiger partial charge in [0.15, 0.2) is 0 Å². The molecule has 1 aromatic rings. The standard InChI is InChI=1S/C12H20N2O2/c1-4-13-8-11-9-14-10(2)7-12(11)16-6-5-15-3/h7,9,13H,4-6,8H2,1-3H3. The minimum Gasteiger partial charge on any atom is -0.491 e. The number of methoxy groups -OCH3 is 1. The Morgan fingerprint density at radius 3 is 2.88 bits per heavy atom. The molecular formula is C12H20N2O2. The highest BCUT2D eigenvalue weighted by Gasteiger charge is 2.04. The van der Waals surface area contributed by atoms with Crippen molar-refractivity contribution in [2.45, 2.75) is 20.4 Å². The normalized spacial score (nSPS) is 10.4. The predicted molar refractivity (Wildman–Crippen MR) is 63.7 cm³/mol. The van der Waals surface area contributed by atoms with E-state index in [0.29, 0.717) is 13.2 Å². The summed E-state index contributed by atoms with van der Waals surface area (Å²) in [5.41, 5.74) is 2.05. The van der Waals surface area contributed by atoms with E-state index in [1.54, 1.807) is 7.11 Å². The molecular weight excluding hydrogens is 204 g/mol. The van der Waals surface area contributed by atoms with Crippen molar-refractivity contribution >= 4 is 0 Å². The zero-order chi connectivity index (χ0) is 11.8. The van der Waals surface area contributed by atoms with Gasteiger partial charge in [-0.15, -0.1) is 0 Å². The van der Waals surface area contributed by atoms with Gasteiger partial charge in [0.2, 0.25) is 0 Å². The number of nitrogens with zero attached hydrogens (tertiary/aromatic N) is 1. The predicted octanol–water partition coefficient (Wildman–Crippen LogP) is 1.52. The van der Waals surface area contributed by atoms with Crippen molar-refractivity contribution in [2.24, 2.45) is 0 Å². The van der Waals surface area contributed by atoms with E-state index in [0.717, 1.165) is 30.1 Å². The molecule has 0 aliphatic carbocycles. The quantitative estimate of drug-likeness (QED) is 0.713. The van der Waals surface area contributed by atoms with Crippen molar-refractivity contribution in [1.29, 1.82) is 0 Å². The molecule has 4 heteroatoms. The third-order valence-electron chi connectivity index (χ3n) is 2.19. The first-order valence-electron chi connectivity index (χ1n) is 5.56. The Kier molecular flexibility index (Phi) is 5.82. The molecule has 0 aliphatic heterocycles. The summed E-state index contributed by atoms with van der Waals surface area (Å²) < 4.78 is 10.6. The smallest absolute Gasteiger partial charge is 0.127 e. The van der Waals surface area contributed by atoms with Crippen LogP contribution >= 0.6 is 0 Å². The van der Waals surface area contributed by atoms with Gasteiger partial charge in [0, 0.05) is 37.2 Å². The van der Waals surface area contributed by atoms with Gasteiger partial charge in [-0.1, -0.05) is 6.92 Å². The number of nitrogens with one attached hydrogen (secondary N) is 1. The second kappa shape index (κ2) is 7.19. The highest BCUT2D eigenvalue weighted by Crippen LogP contribution is 2.18. The first-order chi connectivity index (χ1) is 7.77. The highest BCUT2D eigenvalue weighted by molar-refractivity contribution is 5.32. The molecule has 0 aromatic carbocycles. The van der Waals surface area contributed by atoms with Crippen molar-refractivity contribution in [2.75, 3.05) is 26.9 Å². The second-order valence-electron chi connectivity index (χ2n) is 3.55. The van der Waals surface area contributed by atoms with Crippen LogP contribution in [0.1, 0.15) is 18.2 Å². The molecule has 16 heavy (non-hydrogen) atoms. The summed E-state index contributed by atoms with van der Waals surface area (Å²) >= 11 is 0. The van der Waals surface area contributed by atoms with Crippen molar-refractivity contribution in [1.82, 2.24) is 10.3 Å². The van der Waals surface area contributed by atoms with E-state index >= 15 is 0 Å². The van der Waals surface area contributed by atoms with E-state index in [9.17, 15) is 0 Å². The minimum absolute atomic E-state index is 0.569. The van der Waals surface area contributed by atoms with Crippen LogP contribution in [0.4, 0.5) is 0 Å². The summed E-state index contributed by atoms with van der Waals surface area (Å²) in [4.78, 5) is 4.27. The van der Waals surface area contributed by atoms with Gasteiger partial charge in [-0.2, -0.15) is 0 Å². The van der Waals surface area contributed by atoms with Gasteiger partial charge >= 0.3 is 0 Å². The molecule has 1 heterocycles. The number of rotatable bonds is 7. The van der Waals surface area contributed by atoms with Crippen molar-refractivity contribution < 1.29 is 9.47 Å². The number of pyridine rings is 1. The Morgan fingerprint density at radius 2 is 2.19 bits per heavy atom. The molecule has 0 aliphatic rings. The molecule has 0 saturated heterocycles. The van der Waals surface area contributed by atoms with Crippen LogP contribution in [0, 0.1) is 6.92 Å². The Balaban J connectivity index is 2.65. The number of hydrogen-bond acceptors (Lipinski definition) is 4. The van der Waals surface area contributed by atoms with Gasteiger partial charge in [-0.05, 0) is 13.5 Å². The summed E-state index contributed by atoms with van der Waals surface area (Å²) in [7, 11) is 1.67. The maximum absolute atomic E-state index is 5.65. The number of aromatic nitrogens is 1. The molecule has 0 bridgehead atoms. The van der Waals surface area contributed by atoms with Crippen LogP contribution in [-0.4, -0.2) is 31.9 Å². The van der Waals surface area contributed by atoms with E-state index in [-0.39, 0.29) is 0 Å². The van der Waals surface area contributed by atoms with Gasteiger partial charge in [0.1, 0.15) is 12.4 Å². The van der Waals surface area contributed by atoms with Gasteiger partial charge in [0.05, 0.1) is 6.61 Å². The van der Waals surface area contributed by atoms with Crippen LogP contribution in [0.5, 0.6) is 5.75 Å². The average Bonchev–Trinajstić information content (AvgIpc) is 2.28. The minimum atomic E-state index is 0.569. The molecule has 0 unspecified atom stereocenters. The van der Waals surface area contributed by atoms with Gasteiger partial charge < -0.3 is 14.8 Å². The molecule has 0 saturated carbocycles. The summed E-state index contributed by atoms with van der Waals surface area (Å²) in [5.74, 6) is 0.894. The van der Waals surface area contributed by atoms with Crippen LogP contribution in [0.3, 0.4) is 0 Å². The van der Waals surface area contributed by atoms with Crippen molar-refractivity contribution in [3.05, 3.63) is 23.5 Å². The van der Waals surface area contributed by atoms with Gasteiger partial charge in [-0.25, -0.2) is 0 Å². The van der Waals surface area contributed by atoms with Crippen LogP contribution < -0.4 is 10.1 Å². The molecule has 4 nitrogen and oxygen atoms in total. The van der Waals surface area contributed by atoms with E-state index in [4.69, 9.17) is 9.47 Å². The van der Waals surface area contributed by atoms with E-state index in [1.165, 1.54) is 0 Å². The fourth-order valence-corrected chi connectivity index (χ4v) is 1.32. The van der Waals surface area contributed by atoms with Gasteiger partial charge in [0.25, 0.3) is 0 Å². The Hall–Kier alpha value is -1.13. The van der Waals surface area contributed by atoms with E-state index < -0.39 is 0 Å². The van der Waals surface area contributed by atoms with E-state index in [2.05, 4.69) is 17.2 Å². The summed E-state index contributed by atoms with van der Waals surface area (Å²) in [6.07, 6.45) is 1.86. The molecule has 0 amide bonds. The molecule has 0 atom stereocenters. The van der Waals surface area contributed by atoms with Crippen molar-refractivity contribution in [3.63, 3.8) is 0 Å². The molecule has 0 fully saturated rings. The van der Waals surface area contributed by atoms with Crippen LogP contribution in [-0.2, 0) is 11.3 Å². The Labute approximate surface area is 97.0 Å². The van der Waals surface area contributed by atoms with Crippen molar-refractivity contribution in [3.8, 4) is 5.75 Å². The largest absolute Gasteiger partial charge is 0.491 e. The molecule has 1 N–H and O–H groups in total. The summed E-state index contributed by atoms with van der Waals surface area (Å²) in [6.45, 7) is 6.92. The third-order valence-corrected chi connectivity index (χ3v) is 2.19. The summed E-state index contributed by atoms with van der Waals surface area (Å²) in [5, 5.41) is 3.26. The summed E-state index contributed by atoms with van der Waals surface area (Å²) in [6, 6.07) is 1.96. The molecule has 0 radical (unpaired) electrons. The lowest BCUT2D eigenvalue weighted by atomic mass is 10.2. The fourth-order valence-electron chi connectivity index (χ4n) is 1.32. The molecule has 1 rings (SSSR count). The SMILES string of the molecule is CCNCc1cnc(C)cc1OCCOC. The first-order valence-corrected chi connectivity index (χ1v) is 5.56. The maximum atomic E-state index is 5.65. The molecule has 90 valence electrons. The monoisotopic (exact) mass is 224 g/mol. The van der Waals surface area contributed by atoms with E-state index in [1.807, 2.05) is 19.2 Å². The Bertz CT molecular complexity index is 316. The fraction of sp³-hybridized carbons (Fsp3) is 0.583.